The predicted octanol–water partition coefficient (Wildman–Crippen LogP) is 2.33. The zero-order valence-electron chi connectivity index (χ0n) is 12.5. The number of benzene rings is 1. The molecule has 1 rings (SSSR count). The van der Waals surface area contributed by atoms with Crippen LogP contribution in [0.2, 0.25) is 0 Å². The molecule has 21 heavy (non-hydrogen) atoms. The Morgan fingerprint density at radius 1 is 1.33 bits per heavy atom. The molecule has 0 spiro atoms. The summed E-state index contributed by atoms with van der Waals surface area (Å²) in [7, 11) is 1.23. The largest absolute Gasteiger partial charge is 0.465 e. The van der Waals surface area contributed by atoms with Crippen LogP contribution in [-0.4, -0.2) is 31.6 Å². The molecule has 0 saturated carbocycles. The summed E-state index contributed by atoms with van der Waals surface area (Å²) in [5.41, 5.74) is 0.260. The normalized spacial score (nSPS) is 10.5. The summed E-state index contributed by atoms with van der Waals surface area (Å²) in [5.74, 6) is -1.41. The van der Waals surface area contributed by atoms with Crippen LogP contribution in [0.1, 0.15) is 37.0 Å². The molecule has 0 fully saturated rings. The lowest BCUT2D eigenvalue weighted by molar-refractivity contribution is -0.116. The fourth-order valence-corrected chi connectivity index (χ4v) is 1.76. The minimum Gasteiger partial charge on any atom is -0.465 e. The van der Waals surface area contributed by atoms with Crippen molar-refractivity contribution in [2.24, 2.45) is 0 Å². The van der Waals surface area contributed by atoms with E-state index in [1.807, 2.05) is 13.8 Å². The van der Waals surface area contributed by atoms with E-state index in [2.05, 4.69) is 15.4 Å². The Labute approximate surface area is 123 Å². The summed E-state index contributed by atoms with van der Waals surface area (Å²) in [6.45, 7) is 4.77. The van der Waals surface area contributed by atoms with E-state index in [1.165, 1.54) is 13.2 Å². The SMILES string of the molecule is COC(=O)c1ccc(F)cc1NC(=O)CCCNC(C)C. The molecular formula is C15H21FN2O3. The first-order valence-electron chi connectivity index (χ1n) is 6.85. The van der Waals surface area contributed by atoms with E-state index in [0.717, 1.165) is 18.7 Å². The molecule has 0 aliphatic rings. The van der Waals surface area contributed by atoms with Gasteiger partial charge in [0, 0.05) is 12.5 Å². The molecule has 0 heterocycles. The first-order chi connectivity index (χ1) is 9.93. The van der Waals surface area contributed by atoms with E-state index in [1.54, 1.807) is 0 Å². The fraction of sp³-hybridized carbons (Fsp3) is 0.467. The Morgan fingerprint density at radius 2 is 2.05 bits per heavy atom. The van der Waals surface area contributed by atoms with Gasteiger partial charge < -0.3 is 15.4 Å². The van der Waals surface area contributed by atoms with Crippen LogP contribution in [-0.2, 0) is 9.53 Å². The molecule has 2 N–H and O–H groups in total. The van der Waals surface area contributed by atoms with Crippen molar-refractivity contribution in [3.05, 3.63) is 29.6 Å². The van der Waals surface area contributed by atoms with Gasteiger partial charge in [0.2, 0.25) is 5.91 Å². The van der Waals surface area contributed by atoms with Crippen LogP contribution in [0.5, 0.6) is 0 Å². The first kappa shape index (κ1) is 17.1. The second-order valence-corrected chi connectivity index (χ2v) is 4.94. The van der Waals surface area contributed by atoms with E-state index in [9.17, 15) is 14.0 Å². The summed E-state index contributed by atoms with van der Waals surface area (Å²) in [5, 5.41) is 5.75. The Kier molecular flexibility index (Phi) is 6.81. The number of methoxy groups -OCH3 is 1. The van der Waals surface area contributed by atoms with Crippen molar-refractivity contribution in [2.45, 2.75) is 32.7 Å². The number of hydrogen-bond acceptors (Lipinski definition) is 4. The van der Waals surface area contributed by atoms with Gasteiger partial charge in [-0.3, -0.25) is 4.79 Å². The third-order valence-electron chi connectivity index (χ3n) is 2.79. The van der Waals surface area contributed by atoms with E-state index >= 15 is 0 Å². The summed E-state index contributed by atoms with van der Waals surface area (Å²) in [6.07, 6.45) is 0.948. The molecule has 6 heteroatoms. The average molecular weight is 296 g/mol. The van der Waals surface area contributed by atoms with Gasteiger partial charge in [-0.2, -0.15) is 0 Å². The highest BCUT2D eigenvalue weighted by molar-refractivity contribution is 6.01. The van der Waals surface area contributed by atoms with Gasteiger partial charge in [-0.25, -0.2) is 9.18 Å². The van der Waals surface area contributed by atoms with E-state index < -0.39 is 11.8 Å². The Hall–Kier alpha value is -1.95. The van der Waals surface area contributed by atoms with Crippen molar-refractivity contribution in [3.63, 3.8) is 0 Å². The number of carbonyl (C=O) groups excluding carboxylic acids is 2. The van der Waals surface area contributed by atoms with Crippen molar-refractivity contribution in [2.75, 3.05) is 19.0 Å². The third-order valence-corrected chi connectivity index (χ3v) is 2.79. The molecule has 0 aliphatic carbocycles. The van der Waals surface area contributed by atoms with Crippen molar-refractivity contribution in [1.82, 2.24) is 5.32 Å². The topological polar surface area (TPSA) is 67.4 Å². The smallest absolute Gasteiger partial charge is 0.339 e. The van der Waals surface area contributed by atoms with Crippen LogP contribution in [0.15, 0.2) is 18.2 Å². The Morgan fingerprint density at radius 3 is 2.67 bits per heavy atom. The average Bonchev–Trinajstić information content (AvgIpc) is 2.43. The number of rotatable bonds is 7. The van der Waals surface area contributed by atoms with Crippen LogP contribution < -0.4 is 10.6 Å². The molecular weight excluding hydrogens is 275 g/mol. The first-order valence-corrected chi connectivity index (χ1v) is 6.85. The molecule has 0 aliphatic heterocycles. The second kappa shape index (κ2) is 8.36. The zero-order chi connectivity index (χ0) is 15.8. The number of nitrogens with one attached hydrogen (secondary N) is 2. The number of esters is 1. The predicted molar refractivity (Wildman–Crippen MR) is 78.7 cm³/mol. The fourth-order valence-electron chi connectivity index (χ4n) is 1.76. The maximum Gasteiger partial charge on any atom is 0.339 e. The maximum atomic E-state index is 13.2. The molecule has 0 atom stereocenters. The molecule has 1 amide bonds. The lowest BCUT2D eigenvalue weighted by Crippen LogP contribution is -2.25. The highest BCUT2D eigenvalue weighted by Gasteiger charge is 2.14. The maximum absolute atomic E-state index is 13.2. The van der Waals surface area contributed by atoms with Crippen molar-refractivity contribution in [1.29, 1.82) is 0 Å². The van der Waals surface area contributed by atoms with E-state index in [-0.39, 0.29) is 23.6 Å². The Bertz CT molecular complexity index is 504. The molecule has 0 saturated heterocycles. The lowest BCUT2D eigenvalue weighted by Gasteiger charge is -2.11. The molecule has 0 aromatic heterocycles. The molecule has 0 unspecified atom stereocenters. The highest BCUT2D eigenvalue weighted by Crippen LogP contribution is 2.18. The van der Waals surface area contributed by atoms with Gasteiger partial charge in [0.25, 0.3) is 0 Å². The van der Waals surface area contributed by atoms with Crippen LogP contribution >= 0.6 is 0 Å². The highest BCUT2D eigenvalue weighted by atomic mass is 19.1. The van der Waals surface area contributed by atoms with Crippen LogP contribution in [0.3, 0.4) is 0 Å². The quantitative estimate of drug-likeness (QED) is 0.598. The minimum atomic E-state index is -0.619. The van der Waals surface area contributed by atoms with Gasteiger partial charge in [0.1, 0.15) is 5.82 Å². The minimum absolute atomic E-state index is 0.128. The molecule has 0 bridgehead atoms. The van der Waals surface area contributed by atoms with Crippen LogP contribution in [0, 0.1) is 5.82 Å². The number of anilines is 1. The molecule has 116 valence electrons. The summed E-state index contributed by atoms with van der Waals surface area (Å²) >= 11 is 0. The van der Waals surface area contributed by atoms with Gasteiger partial charge in [0.05, 0.1) is 18.4 Å². The molecule has 0 radical (unpaired) electrons. The van der Waals surface area contributed by atoms with Crippen molar-refractivity contribution in [3.8, 4) is 0 Å². The Balaban J connectivity index is 2.62. The second-order valence-electron chi connectivity index (χ2n) is 4.94. The number of hydrogen-bond donors (Lipinski definition) is 2. The van der Waals surface area contributed by atoms with Crippen molar-refractivity contribution >= 4 is 17.6 Å². The van der Waals surface area contributed by atoms with Gasteiger partial charge in [-0.15, -0.1) is 0 Å². The molecule has 1 aromatic rings. The van der Waals surface area contributed by atoms with Gasteiger partial charge in [-0.05, 0) is 31.2 Å². The van der Waals surface area contributed by atoms with Crippen molar-refractivity contribution < 1.29 is 18.7 Å². The van der Waals surface area contributed by atoms with Crippen LogP contribution in [0.25, 0.3) is 0 Å². The van der Waals surface area contributed by atoms with E-state index in [0.29, 0.717) is 12.5 Å². The zero-order valence-corrected chi connectivity index (χ0v) is 12.5. The number of halogens is 1. The summed E-state index contributed by atoms with van der Waals surface area (Å²) in [4.78, 5) is 23.4. The van der Waals surface area contributed by atoms with Gasteiger partial charge >= 0.3 is 5.97 Å². The molecule has 1 aromatic carbocycles. The summed E-state index contributed by atoms with van der Waals surface area (Å²) in [6, 6.07) is 3.91. The number of amides is 1. The number of carbonyl (C=O) groups is 2. The van der Waals surface area contributed by atoms with E-state index in [4.69, 9.17) is 0 Å². The molecule has 5 nitrogen and oxygen atoms in total. The lowest BCUT2D eigenvalue weighted by atomic mass is 10.1. The van der Waals surface area contributed by atoms with Gasteiger partial charge in [-0.1, -0.05) is 13.8 Å². The number of ether oxygens (including phenoxy) is 1. The van der Waals surface area contributed by atoms with Crippen LogP contribution in [0.4, 0.5) is 10.1 Å². The summed E-state index contributed by atoms with van der Waals surface area (Å²) < 4.78 is 17.8. The third kappa shape index (κ3) is 5.91. The monoisotopic (exact) mass is 296 g/mol. The standard InChI is InChI=1S/C15H21FN2O3/c1-10(2)17-8-4-5-14(19)18-13-9-11(16)6-7-12(13)15(20)21-3/h6-7,9-10,17H,4-5,8H2,1-3H3,(H,18,19). The van der Waals surface area contributed by atoms with Gasteiger partial charge in [0.15, 0.2) is 0 Å².